The van der Waals surface area contributed by atoms with Crippen molar-refractivity contribution in [1.82, 2.24) is 5.32 Å². The maximum absolute atomic E-state index is 11.8. The number of hydrogen-bond donors (Lipinski definition) is 1. The first-order valence-electron chi connectivity index (χ1n) is 5.18. The first-order valence-corrected chi connectivity index (χ1v) is 6.17. The molecule has 1 heterocycles. The van der Waals surface area contributed by atoms with Crippen LogP contribution in [0.3, 0.4) is 0 Å². The molecule has 1 aromatic carbocycles. The molecule has 17 heavy (non-hydrogen) atoms. The number of rotatable bonds is 2. The van der Waals surface area contributed by atoms with E-state index >= 15 is 0 Å². The average Bonchev–Trinajstić information content (AvgIpc) is 2.75. The predicted molar refractivity (Wildman–Crippen MR) is 64.5 cm³/mol. The predicted octanol–water partition coefficient (Wildman–Crippen LogP) is 1.32. The number of nitrogens with zero attached hydrogens (tertiary/aromatic N) is 1. The number of thioether (sulfide) groups is 1. The molecule has 1 aliphatic heterocycles. The van der Waals surface area contributed by atoms with E-state index in [1.54, 1.807) is 24.3 Å². The van der Waals surface area contributed by atoms with Gasteiger partial charge in [0, 0.05) is 11.3 Å². The maximum atomic E-state index is 11.8. The smallest absolute Gasteiger partial charge is 0.251 e. The quantitative estimate of drug-likeness (QED) is 0.854. The second-order valence-electron chi connectivity index (χ2n) is 3.67. The van der Waals surface area contributed by atoms with E-state index in [-0.39, 0.29) is 17.1 Å². The minimum Gasteiger partial charge on any atom is -0.341 e. The molecule has 0 aliphatic carbocycles. The van der Waals surface area contributed by atoms with Gasteiger partial charge in [0.2, 0.25) is 5.12 Å². The molecule has 1 aromatic rings. The van der Waals surface area contributed by atoms with Crippen molar-refractivity contribution in [2.75, 3.05) is 5.75 Å². The Morgan fingerprint density at radius 2 is 2.12 bits per heavy atom. The van der Waals surface area contributed by atoms with Crippen LogP contribution in [0.5, 0.6) is 0 Å². The molecule has 1 N–H and O–H groups in total. The van der Waals surface area contributed by atoms with Crippen molar-refractivity contribution < 1.29 is 9.59 Å². The number of carbonyl (C=O) groups excluding carboxylic acids is 2. The summed E-state index contributed by atoms with van der Waals surface area (Å²) >= 11 is 1.25. The van der Waals surface area contributed by atoms with Crippen molar-refractivity contribution in [2.24, 2.45) is 0 Å². The van der Waals surface area contributed by atoms with E-state index in [0.717, 1.165) is 5.75 Å². The normalized spacial score (nSPS) is 18.8. The summed E-state index contributed by atoms with van der Waals surface area (Å²) in [5.74, 6) is 0.493. The van der Waals surface area contributed by atoms with E-state index in [2.05, 4.69) is 5.32 Å². The fraction of sp³-hybridized carbons (Fsp3) is 0.250. The van der Waals surface area contributed by atoms with Crippen LogP contribution in [-0.2, 0) is 4.79 Å². The van der Waals surface area contributed by atoms with Crippen molar-refractivity contribution in [2.45, 2.75) is 12.5 Å². The summed E-state index contributed by atoms with van der Waals surface area (Å²) in [6, 6.07) is 7.95. The molecule has 0 bridgehead atoms. The van der Waals surface area contributed by atoms with Crippen molar-refractivity contribution >= 4 is 22.8 Å². The SMILES string of the molecule is N#Cc1ccc(C(=O)N[C@H]2CCSC2=O)cc1. The van der Waals surface area contributed by atoms with Crippen LogP contribution in [-0.4, -0.2) is 22.8 Å². The largest absolute Gasteiger partial charge is 0.341 e. The Bertz CT molecular complexity index is 490. The van der Waals surface area contributed by atoms with Crippen LogP contribution in [0.4, 0.5) is 0 Å². The fourth-order valence-corrected chi connectivity index (χ4v) is 2.50. The molecule has 1 aliphatic rings. The highest BCUT2D eigenvalue weighted by Crippen LogP contribution is 2.19. The number of nitrogens with one attached hydrogen (secondary N) is 1. The van der Waals surface area contributed by atoms with Gasteiger partial charge >= 0.3 is 0 Å². The van der Waals surface area contributed by atoms with Crippen LogP contribution >= 0.6 is 11.8 Å². The lowest BCUT2D eigenvalue weighted by Gasteiger charge is -2.09. The van der Waals surface area contributed by atoms with Crippen molar-refractivity contribution in [3.63, 3.8) is 0 Å². The van der Waals surface area contributed by atoms with E-state index in [4.69, 9.17) is 5.26 Å². The Labute approximate surface area is 103 Å². The zero-order chi connectivity index (χ0) is 12.3. The Hall–Kier alpha value is -1.80. The van der Waals surface area contributed by atoms with Crippen molar-refractivity contribution in [3.8, 4) is 6.07 Å². The Morgan fingerprint density at radius 1 is 1.41 bits per heavy atom. The van der Waals surface area contributed by atoms with Gasteiger partial charge in [-0.3, -0.25) is 9.59 Å². The van der Waals surface area contributed by atoms with Crippen LogP contribution in [0.1, 0.15) is 22.3 Å². The summed E-state index contributed by atoms with van der Waals surface area (Å²) in [6.07, 6.45) is 0.686. The van der Waals surface area contributed by atoms with Gasteiger partial charge in [0.15, 0.2) is 0 Å². The fourth-order valence-electron chi connectivity index (χ4n) is 1.56. The Balaban J connectivity index is 2.04. The lowest BCUT2D eigenvalue weighted by atomic mass is 10.1. The molecule has 0 unspecified atom stereocenters. The van der Waals surface area contributed by atoms with E-state index in [0.29, 0.717) is 17.5 Å². The monoisotopic (exact) mass is 246 g/mol. The summed E-state index contributed by atoms with van der Waals surface area (Å²) in [4.78, 5) is 23.1. The standard InChI is InChI=1S/C12H10N2O2S/c13-7-8-1-3-9(4-2-8)11(15)14-10-5-6-17-12(10)16/h1-4,10H,5-6H2,(H,14,15)/t10-/m0/s1. The van der Waals surface area contributed by atoms with E-state index in [1.807, 2.05) is 6.07 Å². The molecule has 86 valence electrons. The van der Waals surface area contributed by atoms with Crippen molar-refractivity contribution in [3.05, 3.63) is 35.4 Å². The molecule has 2 rings (SSSR count). The highest BCUT2D eigenvalue weighted by molar-refractivity contribution is 8.14. The minimum absolute atomic E-state index is 0.0204. The van der Waals surface area contributed by atoms with E-state index in [9.17, 15) is 9.59 Å². The molecular weight excluding hydrogens is 236 g/mol. The van der Waals surface area contributed by atoms with Crippen LogP contribution in [0.25, 0.3) is 0 Å². The average molecular weight is 246 g/mol. The third-order valence-corrected chi connectivity index (χ3v) is 3.53. The Morgan fingerprint density at radius 3 is 2.65 bits per heavy atom. The van der Waals surface area contributed by atoms with Gasteiger partial charge < -0.3 is 5.32 Å². The summed E-state index contributed by atoms with van der Waals surface area (Å²) in [5, 5.41) is 11.3. The minimum atomic E-state index is -0.372. The maximum Gasteiger partial charge on any atom is 0.251 e. The van der Waals surface area contributed by atoms with Crippen LogP contribution in [0.15, 0.2) is 24.3 Å². The zero-order valence-electron chi connectivity index (χ0n) is 8.97. The van der Waals surface area contributed by atoms with E-state index in [1.165, 1.54) is 11.8 Å². The molecule has 0 saturated carbocycles. The highest BCUT2D eigenvalue weighted by atomic mass is 32.2. The lowest BCUT2D eigenvalue weighted by molar-refractivity contribution is -0.112. The number of hydrogen-bond acceptors (Lipinski definition) is 4. The van der Waals surface area contributed by atoms with Gasteiger partial charge in [-0.25, -0.2) is 0 Å². The van der Waals surface area contributed by atoms with Gasteiger partial charge in [0.05, 0.1) is 17.7 Å². The number of amides is 1. The number of benzene rings is 1. The summed E-state index contributed by atoms with van der Waals surface area (Å²) in [6.45, 7) is 0. The van der Waals surface area contributed by atoms with Gasteiger partial charge in [-0.2, -0.15) is 5.26 Å². The Kier molecular flexibility index (Phi) is 3.45. The molecular formula is C12H10N2O2S. The lowest BCUT2D eigenvalue weighted by Crippen LogP contribution is -2.37. The molecule has 5 heteroatoms. The molecule has 1 saturated heterocycles. The summed E-state index contributed by atoms with van der Waals surface area (Å²) < 4.78 is 0. The summed E-state index contributed by atoms with van der Waals surface area (Å²) in [5.41, 5.74) is 0.975. The second kappa shape index (κ2) is 5.02. The van der Waals surface area contributed by atoms with Gasteiger partial charge in [0.1, 0.15) is 0 Å². The third kappa shape index (κ3) is 2.66. The van der Waals surface area contributed by atoms with Gasteiger partial charge in [-0.15, -0.1) is 0 Å². The molecule has 1 fully saturated rings. The van der Waals surface area contributed by atoms with E-state index < -0.39 is 0 Å². The molecule has 1 atom stereocenters. The molecule has 0 spiro atoms. The van der Waals surface area contributed by atoms with Gasteiger partial charge in [-0.1, -0.05) is 11.8 Å². The molecule has 1 amide bonds. The number of carbonyl (C=O) groups is 2. The van der Waals surface area contributed by atoms with Gasteiger partial charge in [0.25, 0.3) is 5.91 Å². The second-order valence-corrected chi connectivity index (χ2v) is 4.77. The highest BCUT2D eigenvalue weighted by Gasteiger charge is 2.26. The topological polar surface area (TPSA) is 70.0 Å². The van der Waals surface area contributed by atoms with Crippen LogP contribution < -0.4 is 5.32 Å². The molecule has 0 aromatic heterocycles. The van der Waals surface area contributed by atoms with Gasteiger partial charge in [-0.05, 0) is 30.7 Å². The molecule has 4 nitrogen and oxygen atoms in total. The molecule has 0 radical (unpaired) electrons. The van der Waals surface area contributed by atoms with Crippen LogP contribution in [0, 0.1) is 11.3 Å². The zero-order valence-corrected chi connectivity index (χ0v) is 9.79. The summed E-state index contributed by atoms with van der Waals surface area (Å²) in [7, 11) is 0. The van der Waals surface area contributed by atoms with Crippen LogP contribution in [0.2, 0.25) is 0 Å². The third-order valence-electron chi connectivity index (χ3n) is 2.52. The first-order chi connectivity index (χ1) is 8.20. The first kappa shape index (κ1) is 11.7. The van der Waals surface area contributed by atoms with Crippen molar-refractivity contribution in [1.29, 1.82) is 5.26 Å². The number of nitriles is 1.